The second-order valence-corrected chi connectivity index (χ2v) is 10.9. The van der Waals surface area contributed by atoms with E-state index in [-0.39, 0.29) is 17.4 Å². The molecule has 0 aromatic carbocycles. The third kappa shape index (κ3) is 5.29. The summed E-state index contributed by atoms with van der Waals surface area (Å²) in [6, 6.07) is 0. The van der Waals surface area contributed by atoms with E-state index in [0.29, 0.717) is 34.5 Å². The number of aromatic nitrogens is 4. The summed E-state index contributed by atoms with van der Waals surface area (Å²) in [5.41, 5.74) is 1.20. The maximum absolute atomic E-state index is 12.7. The average molecular weight is 493 g/mol. The number of aliphatic carboxylic acids is 1. The van der Waals surface area contributed by atoms with Crippen LogP contribution in [0, 0.1) is 17.3 Å². The summed E-state index contributed by atoms with van der Waals surface area (Å²) >= 11 is 0. The molecule has 0 amide bonds. The van der Waals surface area contributed by atoms with E-state index >= 15 is 0 Å². The summed E-state index contributed by atoms with van der Waals surface area (Å²) in [6.45, 7) is 4.13. The minimum atomic E-state index is -0.688. The van der Waals surface area contributed by atoms with E-state index < -0.39 is 5.97 Å². The van der Waals surface area contributed by atoms with E-state index in [9.17, 15) is 9.59 Å². The number of hydrogen-bond acceptors (Lipinski definition) is 7. The first kappa shape index (κ1) is 24.5. The fourth-order valence-corrected chi connectivity index (χ4v) is 6.04. The molecule has 1 atom stereocenters. The van der Waals surface area contributed by atoms with Gasteiger partial charge in [0.05, 0.1) is 6.20 Å². The molecule has 2 aromatic rings. The lowest BCUT2D eigenvalue weighted by Crippen LogP contribution is -2.31. The largest absolute Gasteiger partial charge is 0.481 e. The van der Waals surface area contributed by atoms with Crippen molar-refractivity contribution >= 4 is 28.6 Å². The van der Waals surface area contributed by atoms with E-state index in [1.165, 1.54) is 12.8 Å². The number of rotatable bonds is 6. The molecular weight excluding hydrogens is 456 g/mol. The number of carbonyl (C=O) groups is 1. The highest BCUT2D eigenvalue weighted by Gasteiger charge is 2.36. The second-order valence-electron chi connectivity index (χ2n) is 10.9. The molecule has 2 aromatic heterocycles. The van der Waals surface area contributed by atoms with Gasteiger partial charge >= 0.3 is 5.97 Å². The van der Waals surface area contributed by atoms with Crippen molar-refractivity contribution in [2.75, 3.05) is 23.3 Å². The van der Waals surface area contributed by atoms with Crippen LogP contribution in [0.4, 0.5) is 11.8 Å². The summed E-state index contributed by atoms with van der Waals surface area (Å²) < 4.78 is 0. The molecule has 2 aliphatic carbocycles. The highest BCUT2D eigenvalue weighted by atomic mass is 16.4. The number of nitrogens with zero attached hydrogens (tertiary/aromatic N) is 4. The Bertz CT molecular complexity index is 1220. The molecule has 5 rings (SSSR count). The van der Waals surface area contributed by atoms with Crippen LogP contribution in [0.15, 0.2) is 34.9 Å². The van der Waals surface area contributed by atoms with Crippen LogP contribution in [0.3, 0.4) is 0 Å². The highest BCUT2D eigenvalue weighted by molar-refractivity contribution is 5.89. The zero-order valence-electron chi connectivity index (χ0n) is 21.0. The normalized spacial score (nSPS) is 26.9. The van der Waals surface area contributed by atoms with Crippen LogP contribution in [0.5, 0.6) is 0 Å². The monoisotopic (exact) mass is 492 g/mol. The van der Waals surface area contributed by atoms with Crippen molar-refractivity contribution in [3.8, 4) is 0 Å². The lowest BCUT2D eigenvalue weighted by atomic mass is 9.65. The van der Waals surface area contributed by atoms with Gasteiger partial charge in [-0.05, 0) is 68.3 Å². The zero-order chi connectivity index (χ0) is 25.1. The highest BCUT2D eigenvalue weighted by Crippen LogP contribution is 2.46. The lowest BCUT2D eigenvalue weighted by molar-refractivity contribution is -0.138. The van der Waals surface area contributed by atoms with Gasteiger partial charge in [-0.15, -0.1) is 0 Å². The van der Waals surface area contributed by atoms with Gasteiger partial charge in [0, 0.05) is 25.2 Å². The number of carboxylic acids is 1. The first-order chi connectivity index (χ1) is 17.4. The Morgan fingerprint density at radius 3 is 2.58 bits per heavy atom. The van der Waals surface area contributed by atoms with Crippen LogP contribution in [0.1, 0.15) is 71.1 Å². The van der Waals surface area contributed by atoms with Crippen LogP contribution in [-0.2, 0) is 4.79 Å². The Balaban J connectivity index is 1.34. The van der Waals surface area contributed by atoms with Crippen molar-refractivity contribution in [2.45, 2.75) is 71.1 Å². The average Bonchev–Trinajstić information content (AvgIpc) is 3.15. The number of carboxylic acid groups (broad SMARTS) is 1. The lowest BCUT2D eigenvalue weighted by Gasteiger charge is -2.40. The SMILES string of the molecule is CC1(C2CCC(CC(=O)O)CC2)C=CC(Nc2nc(N3CCCCCC3)nc3cn[nH]c(=O)c23)=CC1. The van der Waals surface area contributed by atoms with Gasteiger partial charge in [0.2, 0.25) is 5.95 Å². The number of allylic oxidation sites excluding steroid dienone is 3. The van der Waals surface area contributed by atoms with Crippen molar-refractivity contribution in [3.63, 3.8) is 0 Å². The van der Waals surface area contributed by atoms with Crippen LogP contribution in [-0.4, -0.2) is 44.3 Å². The number of nitrogens with one attached hydrogen (secondary N) is 2. The quantitative estimate of drug-likeness (QED) is 0.533. The van der Waals surface area contributed by atoms with Gasteiger partial charge in [-0.25, -0.2) is 10.1 Å². The van der Waals surface area contributed by atoms with E-state index in [1.54, 1.807) is 6.20 Å². The Labute approximate surface area is 211 Å². The summed E-state index contributed by atoms with van der Waals surface area (Å²) in [4.78, 5) is 35.4. The predicted molar refractivity (Wildman–Crippen MR) is 140 cm³/mol. The van der Waals surface area contributed by atoms with Crippen molar-refractivity contribution in [1.82, 2.24) is 20.2 Å². The van der Waals surface area contributed by atoms with Crippen LogP contribution >= 0.6 is 0 Å². The molecule has 0 radical (unpaired) electrons. The predicted octanol–water partition coefficient (Wildman–Crippen LogP) is 4.64. The Hall–Kier alpha value is -3.23. The maximum Gasteiger partial charge on any atom is 0.303 e. The number of aromatic amines is 1. The number of fused-ring (bicyclic) bond motifs is 1. The molecule has 9 nitrogen and oxygen atoms in total. The standard InChI is InChI=1S/C27H36N6O3/c1-27(19-8-6-18(7-9-19)16-22(34)35)12-10-20(11-13-27)29-24-23-21(17-28-32-25(23)36)30-26(31-24)33-14-4-2-3-5-15-33/h10-12,17-19H,2-9,13-16H2,1H3,(H,32,36)(H,34,35)(H,29,30,31). The molecule has 192 valence electrons. The third-order valence-electron chi connectivity index (χ3n) is 8.30. The topological polar surface area (TPSA) is 124 Å². The summed E-state index contributed by atoms with van der Waals surface area (Å²) in [6.07, 6.45) is 18.1. The smallest absolute Gasteiger partial charge is 0.303 e. The molecule has 0 bridgehead atoms. The van der Waals surface area contributed by atoms with Crippen LogP contribution < -0.4 is 15.8 Å². The Kier molecular flexibility index (Phi) is 7.07. The number of H-pyrrole nitrogens is 1. The van der Waals surface area contributed by atoms with Gasteiger partial charge in [0.15, 0.2) is 0 Å². The van der Waals surface area contributed by atoms with Crippen LogP contribution in [0.2, 0.25) is 0 Å². The van der Waals surface area contributed by atoms with Gasteiger partial charge in [-0.2, -0.15) is 10.1 Å². The Morgan fingerprint density at radius 1 is 1.17 bits per heavy atom. The fraction of sp³-hybridized carbons (Fsp3) is 0.593. The van der Waals surface area contributed by atoms with Gasteiger partial charge in [0.1, 0.15) is 16.7 Å². The summed E-state index contributed by atoms with van der Waals surface area (Å²) in [5.74, 6) is 1.31. The number of hydrogen-bond donors (Lipinski definition) is 3. The molecule has 0 spiro atoms. The van der Waals surface area contributed by atoms with E-state index in [1.807, 2.05) is 0 Å². The van der Waals surface area contributed by atoms with Crippen molar-refractivity contribution in [2.24, 2.45) is 17.3 Å². The van der Waals surface area contributed by atoms with Crippen molar-refractivity contribution < 1.29 is 9.90 Å². The minimum Gasteiger partial charge on any atom is -0.481 e. The molecule has 36 heavy (non-hydrogen) atoms. The van der Waals surface area contributed by atoms with Gasteiger partial charge in [-0.1, -0.05) is 31.9 Å². The third-order valence-corrected chi connectivity index (χ3v) is 8.30. The Morgan fingerprint density at radius 2 is 1.92 bits per heavy atom. The molecule has 3 heterocycles. The number of anilines is 2. The van der Waals surface area contributed by atoms with Crippen molar-refractivity contribution in [1.29, 1.82) is 0 Å². The molecule has 2 fully saturated rings. The second kappa shape index (κ2) is 10.4. The molecule has 3 N–H and O–H groups in total. The summed E-state index contributed by atoms with van der Waals surface area (Å²) in [5, 5.41) is 19.4. The minimum absolute atomic E-state index is 0.0473. The maximum atomic E-state index is 12.7. The molecule has 3 aliphatic rings. The van der Waals surface area contributed by atoms with Gasteiger partial charge in [0.25, 0.3) is 5.56 Å². The molecular formula is C27H36N6O3. The van der Waals surface area contributed by atoms with E-state index in [0.717, 1.165) is 63.7 Å². The van der Waals surface area contributed by atoms with E-state index in [2.05, 4.69) is 50.5 Å². The molecule has 1 aliphatic heterocycles. The zero-order valence-corrected chi connectivity index (χ0v) is 21.0. The molecule has 9 heteroatoms. The first-order valence-corrected chi connectivity index (χ1v) is 13.3. The first-order valence-electron chi connectivity index (χ1n) is 13.3. The molecule has 1 saturated heterocycles. The van der Waals surface area contributed by atoms with Gasteiger partial charge in [-0.3, -0.25) is 9.59 Å². The van der Waals surface area contributed by atoms with Crippen molar-refractivity contribution in [3.05, 3.63) is 40.5 Å². The molecule has 1 saturated carbocycles. The van der Waals surface area contributed by atoms with Gasteiger partial charge < -0.3 is 15.3 Å². The van der Waals surface area contributed by atoms with Crippen LogP contribution in [0.25, 0.3) is 10.9 Å². The summed E-state index contributed by atoms with van der Waals surface area (Å²) in [7, 11) is 0. The fourth-order valence-electron chi connectivity index (χ4n) is 6.04. The molecule has 1 unspecified atom stereocenters. The van der Waals surface area contributed by atoms with E-state index in [4.69, 9.17) is 10.1 Å².